The molecule has 0 aromatic heterocycles. The Morgan fingerprint density at radius 3 is 1.75 bits per heavy atom. The SMILES string of the molecule is C=C1O[C@@]2(CC=CCO2)[C@H](OCc2ccccc2)[C@@H](OCc2ccccc2)[C@@H]1OCc1ccccc1. The molecule has 1 fully saturated rings. The molecule has 5 nitrogen and oxygen atoms in total. The Morgan fingerprint density at radius 1 is 0.694 bits per heavy atom. The minimum Gasteiger partial charge on any atom is -0.461 e. The third-order valence-electron chi connectivity index (χ3n) is 6.47. The summed E-state index contributed by atoms with van der Waals surface area (Å²) in [5.74, 6) is -0.548. The van der Waals surface area contributed by atoms with Gasteiger partial charge >= 0.3 is 0 Å². The summed E-state index contributed by atoms with van der Waals surface area (Å²) < 4.78 is 32.2. The van der Waals surface area contributed by atoms with Gasteiger partial charge in [-0.25, -0.2) is 0 Å². The molecule has 0 radical (unpaired) electrons. The van der Waals surface area contributed by atoms with Gasteiger partial charge in [-0.2, -0.15) is 0 Å². The van der Waals surface area contributed by atoms with Gasteiger partial charge in [-0.1, -0.05) is 110 Å². The van der Waals surface area contributed by atoms with Crippen LogP contribution in [0, 0.1) is 0 Å². The van der Waals surface area contributed by atoms with Crippen molar-refractivity contribution in [2.45, 2.75) is 50.3 Å². The normalized spacial score (nSPS) is 25.6. The molecule has 0 N–H and O–H groups in total. The molecule has 2 heterocycles. The molecule has 2 aliphatic rings. The molecule has 36 heavy (non-hydrogen) atoms. The molecule has 186 valence electrons. The van der Waals surface area contributed by atoms with Crippen molar-refractivity contribution >= 4 is 0 Å². The number of ether oxygens (including phenoxy) is 5. The highest BCUT2D eigenvalue weighted by Gasteiger charge is 2.56. The maximum absolute atomic E-state index is 6.57. The lowest BCUT2D eigenvalue weighted by molar-refractivity contribution is -0.336. The monoisotopic (exact) mass is 484 g/mol. The Hall–Kier alpha value is -3.22. The average Bonchev–Trinajstić information content (AvgIpc) is 2.93. The molecule has 1 saturated heterocycles. The van der Waals surface area contributed by atoms with Crippen LogP contribution in [0.1, 0.15) is 23.1 Å². The highest BCUT2D eigenvalue weighted by atomic mass is 16.7. The molecule has 0 amide bonds. The van der Waals surface area contributed by atoms with Crippen LogP contribution in [0.3, 0.4) is 0 Å². The van der Waals surface area contributed by atoms with Crippen molar-refractivity contribution in [3.8, 4) is 0 Å². The molecule has 0 saturated carbocycles. The van der Waals surface area contributed by atoms with E-state index in [0.29, 0.717) is 38.6 Å². The predicted octanol–water partition coefficient (Wildman–Crippen LogP) is 5.96. The van der Waals surface area contributed by atoms with Crippen LogP contribution in [0.25, 0.3) is 0 Å². The van der Waals surface area contributed by atoms with Gasteiger partial charge in [0.1, 0.15) is 18.0 Å². The summed E-state index contributed by atoms with van der Waals surface area (Å²) in [4.78, 5) is 0. The second kappa shape index (κ2) is 11.7. The summed E-state index contributed by atoms with van der Waals surface area (Å²) in [6.45, 7) is 5.86. The van der Waals surface area contributed by atoms with Gasteiger partial charge in [0, 0.05) is 6.42 Å². The van der Waals surface area contributed by atoms with Crippen molar-refractivity contribution in [3.05, 3.63) is 132 Å². The number of hydrogen-bond acceptors (Lipinski definition) is 5. The van der Waals surface area contributed by atoms with Crippen molar-refractivity contribution in [1.82, 2.24) is 0 Å². The molecule has 4 atom stereocenters. The summed E-state index contributed by atoms with van der Waals surface area (Å²) in [6.07, 6.45) is 3.01. The van der Waals surface area contributed by atoms with Gasteiger partial charge in [-0.15, -0.1) is 0 Å². The Labute approximate surface area is 212 Å². The zero-order valence-corrected chi connectivity index (χ0v) is 20.3. The van der Waals surface area contributed by atoms with Gasteiger partial charge in [-0.3, -0.25) is 0 Å². The second-order valence-electron chi connectivity index (χ2n) is 9.06. The van der Waals surface area contributed by atoms with Gasteiger partial charge < -0.3 is 23.7 Å². The molecule has 0 aliphatic carbocycles. The molecule has 1 spiro atoms. The minimum absolute atomic E-state index is 0.396. The van der Waals surface area contributed by atoms with E-state index in [1.165, 1.54) is 0 Å². The third-order valence-corrected chi connectivity index (χ3v) is 6.47. The lowest BCUT2D eigenvalue weighted by atomic mass is 9.91. The minimum atomic E-state index is -1.03. The maximum Gasteiger partial charge on any atom is 0.243 e. The van der Waals surface area contributed by atoms with Crippen molar-refractivity contribution < 1.29 is 23.7 Å². The van der Waals surface area contributed by atoms with Gasteiger partial charge in [-0.05, 0) is 16.7 Å². The molecular formula is C31H32O5. The first-order valence-electron chi connectivity index (χ1n) is 12.4. The molecule has 0 unspecified atom stereocenters. The van der Waals surface area contributed by atoms with Crippen LogP contribution < -0.4 is 0 Å². The first-order chi connectivity index (χ1) is 17.7. The molecule has 2 aliphatic heterocycles. The van der Waals surface area contributed by atoms with Gasteiger partial charge in [0.15, 0.2) is 6.10 Å². The molecule has 3 aromatic rings. The van der Waals surface area contributed by atoms with Crippen LogP contribution in [-0.2, 0) is 43.5 Å². The van der Waals surface area contributed by atoms with Crippen LogP contribution in [0.15, 0.2) is 115 Å². The van der Waals surface area contributed by atoms with E-state index in [0.717, 1.165) is 16.7 Å². The Kier molecular flexibility index (Phi) is 7.94. The molecule has 5 rings (SSSR count). The fourth-order valence-electron chi connectivity index (χ4n) is 4.64. The first-order valence-corrected chi connectivity index (χ1v) is 12.4. The van der Waals surface area contributed by atoms with E-state index in [-0.39, 0.29) is 0 Å². The summed E-state index contributed by atoms with van der Waals surface area (Å²) >= 11 is 0. The Morgan fingerprint density at radius 2 is 1.22 bits per heavy atom. The van der Waals surface area contributed by atoms with Crippen molar-refractivity contribution in [3.63, 3.8) is 0 Å². The highest BCUT2D eigenvalue weighted by Crippen LogP contribution is 2.42. The van der Waals surface area contributed by atoms with Crippen molar-refractivity contribution in [2.75, 3.05) is 6.61 Å². The average molecular weight is 485 g/mol. The lowest BCUT2D eigenvalue weighted by Gasteiger charge is -2.50. The standard InChI is InChI=1S/C31H32O5/c1-24-28(32-21-25-13-5-2-6-14-25)29(33-22-26-15-7-3-8-16-26)30(31(36-24)19-11-12-20-35-31)34-23-27-17-9-4-10-18-27/h2-18,28-30H,1,19-23H2/t28-,29+,30-,31+/m1/s1. The highest BCUT2D eigenvalue weighted by molar-refractivity contribution is 5.18. The van der Waals surface area contributed by atoms with Crippen molar-refractivity contribution in [1.29, 1.82) is 0 Å². The number of hydrogen-bond donors (Lipinski definition) is 0. The molecule has 5 heteroatoms. The van der Waals surface area contributed by atoms with E-state index < -0.39 is 24.1 Å². The van der Waals surface area contributed by atoms with Crippen LogP contribution in [0.4, 0.5) is 0 Å². The van der Waals surface area contributed by atoms with Gasteiger partial charge in [0.2, 0.25) is 5.79 Å². The molecular weight excluding hydrogens is 452 g/mol. The third kappa shape index (κ3) is 5.77. The quantitative estimate of drug-likeness (QED) is 0.351. The zero-order valence-electron chi connectivity index (χ0n) is 20.3. The number of rotatable bonds is 9. The largest absolute Gasteiger partial charge is 0.461 e. The van der Waals surface area contributed by atoms with Gasteiger partial charge in [0.25, 0.3) is 0 Å². The second-order valence-corrected chi connectivity index (χ2v) is 9.06. The van der Waals surface area contributed by atoms with E-state index in [2.05, 4.69) is 12.7 Å². The van der Waals surface area contributed by atoms with E-state index in [9.17, 15) is 0 Å². The summed E-state index contributed by atoms with van der Waals surface area (Å²) in [7, 11) is 0. The van der Waals surface area contributed by atoms with E-state index >= 15 is 0 Å². The van der Waals surface area contributed by atoms with Gasteiger partial charge in [0.05, 0.1) is 26.4 Å². The summed E-state index contributed by atoms with van der Waals surface area (Å²) in [5.41, 5.74) is 3.19. The fourth-order valence-corrected chi connectivity index (χ4v) is 4.64. The van der Waals surface area contributed by atoms with Crippen LogP contribution in [0.5, 0.6) is 0 Å². The smallest absolute Gasteiger partial charge is 0.243 e. The Bertz CT molecular complexity index is 1130. The topological polar surface area (TPSA) is 46.2 Å². The molecule has 0 bridgehead atoms. The summed E-state index contributed by atoms with van der Waals surface area (Å²) in [5, 5.41) is 0. The first kappa shape index (κ1) is 24.5. The van der Waals surface area contributed by atoms with Crippen LogP contribution in [0.2, 0.25) is 0 Å². The summed E-state index contributed by atoms with van der Waals surface area (Å²) in [6, 6.07) is 30.2. The Balaban J connectivity index is 1.43. The van der Waals surface area contributed by atoms with E-state index in [1.54, 1.807) is 0 Å². The fraction of sp³-hybridized carbons (Fsp3) is 0.290. The van der Waals surface area contributed by atoms with Crippen molar-refractivity contribution in [2.24, 2.45) is 0 Å². The predicted molar refractivity (Wildman–Crippen MR) is 138 cm³/mol. The van der Waals surface area contributed by atoms with Crippen LogP contribution >= 0.6 is 0 Å². The maximum atomic E-state index is 6.57. The van der Waals surface area contributed by atoms with E-state index in [1.807, 2.05) is 97.1 Å². The van der Waals surface area contributed by atoms with E-state index in [4.69, 9.17) is 23.7 Å². The van der Waals surface area contributed by atoms with Crippen LogP contribution in [-0.4, -0.2) is 30.7 Å². The molecule has 3 aromatic carbocycles. The zero-order chi connectivity index (χ0) is 24.6. The number of benzene rings is 3. The lowest BCUT2D eigenvalue weighted by Crippen LogP contribution is -2.63.